The topological polar surface area (TPSA) is 60.3 Å². The number of aryl methyl sites for hydroxylation is 1. The smallest absolute Gasteiger partial charge is 0.354 e. The van der Waals surface area contributed by atoms with E-state index < -0.39 is 5.97 Å². The van der Waals surface area contributed by atoms with Gasteiger partial charge in [0, 0.05) is 24.5 Å². The van der Waals surface area contributed by atoms with E-state index in [0.717, 1.165) is 5.69 Å². The molecule has 0 radical (unpaired) electrons. The molecule has 0 saturated heterocycles. The van der Waals surface area contributed by atoms with E-state index in [9.17, 15) is 9.59 Å². The third-order valence-electron chi connectivity index (χ3n) is 2.97. The average molecular weight is 284 g/mol. The van der Waals surface area contributed by atoms with E-state index in [-0.39, 0.29) is 11.6 Å². The molecule has 1 heterocycles. The zero-order chi connectivity index (χ0) is 15.2. The number of carbonyl (C=O) groups excluding carboxylic acids is 2. The van der Waals surface area contributed by atoms with Gasteiger partial charge in [0.2, 0.25) is 0 Å². The first-order valence-corrected chi connectivity index (χ1v) is 6.39. The predicted octanol–water partition coefficient (Wildman–Crippen LogP) is 1.97. The summed E-state index contributed by atoms with van der Waals surface area (Å²) in [6.07, 6.45) is 3.42. The molecule has 5 nitrogen and oxygen atoms in total. The minimum atomic E-state index is -0.597. The van der Waals surface area contributed by atoms with E-state index in [0.29, 0.717) is 5.56 Å². The molecule has 1 amide bonds. The molecule has 0 atom stereocenters. The SMILES string of the molecule is COC(=O)/C(=C/c1cccn1C)NC(=O)c1ccccc1. The molecule has 0 aliphatic rings. The Morgan fingerprint density at radius 3 is 2.43 bits per heavy atom. The van der Waals surface area contributed by atoms with Crippen LogP contribution in [0.1, 0.15) is 16.1 Å². The molecule has 0 aliphatic carbocycles. The Morgan fingerprint density at radius 2 is 1.86 bits per heavy atom. The Morgan fingerprint density at radius 1 is 1.14 bits per heavy atom. The van der Waals surface area contributed by atoms with Crippen molar-refractivity contribution in [1.82, 2.24) is 9.88 Å². The highest BCUT2D eigenvalue weighted by Crippen LogP contribution is 2.08. The zero-order valence-electron chi connectivity index (χ0n) is 11.9. The molecular weight excluding hydrogens is 268 g/mol. The average Bonchev–Trinajstić information content (AvgIpc) is 2.91. The molecule has 2 aromatic rings. The molecular formula is C16H16N2O3. The van der Waals surface area contributed by atoms with Crippen molar-refractivity contribution in [1.29, 1.82) is 0 Å². The molecule has 21 heavy (non-hydrogen) atoms. The van der Waals surface area contributed by atoms with Gasteiger partial charge in [-0.15, -0.1) is 0 Å². The molecule has 1 aromatic heterocycles. The standard InChI is InChI=1S/C16H16N2O3/c1-18-10-6-9-13(18)11-14(16(20)21-2)17-15(19)12-7-4-3-5-8-12/h3-11H,1-2H3,(H,17,19)/b14-11-. The highest BCUT2D eigenvalue weighted by atomic mass is 16.5. The van der Waals surface area contributed by atoms with Crippen LogP contribution in [-0.2, 0) is 16.6 Å². The summed E-state index contributed by atoms with van der Waals surface area (Å²) in [7, 11) is 3.12. The van der Waals surface area contributed by atoms with Gasteiger partial charge in [0.1, 0.15) is 5.70 Å². The maximum atomic E-state index is 12.1. The van der Waals surface area contributed by atoms with E-state index in [2.05, 4.69) is 5.32 Å². The molecule has 0 bridgehead atoms. The number of benzene rings is 1. The number of rotatable bonds is 4. The van der Waals surface area contributed by atoms with Crippen molar-refractivity contribution >= 4 is 18.0 Å². The van der Waals surface area contributed by atoms with Crippen molar-refractivity contribution in [3.05, 3.63) is 65.6 Å². The zero-order valence-corrected chi connectivity index (χ0v) is 11.9. The molecule has 108 valence electrons. The fraction of sp³-hybridized carbons (Fsp3) is 0.125. The van der Waals surface area contributed by atoms with Gasteiger partial charge in [-0.25, -0.2) is 4.79 Å². The summed E-state index contributed by atoms with van der Waals surface area (Å²) >= 11 is 0. The van der Waals surface area contributed by atoms with Crippen LogP contribution in [0.5, 0.6) is 0 Å². The summed E-state index contributed by atoms with van der Waals surface area (Å²) in [4.78, 5) is 23.9. The van der Waals surface area contributed by atoms with Crippen LogP contribution in [0, 0.1) is 0 Å². The van der Waals surface area contributed by atoms with Gasteiger partial charge < -0.3 is 14.6 Å². The summed E-state index contributed by atoms with van der Waals surface area (Å²) < 4.78 is 6.54. The molecule has 0 saturated carbocycles. The number of esters is 1. The second-order valence-electron chi connectivity index (χ2n) is 4.41. The Hall–Kier alpha value is -2.82. The molecule has 1 aromatic carbocycles. The van der Waals surface area contributed by atoms with Crippen molar-refractivity contribution < 1.29 is 14.3 Å². The monoisotopic (exact) mass is 284 g/mol. The molecule has 5 heteroatoms. The first-order valence-electron chi connectivity index (χ1n) is 6.39. The van der Waals surface area contributed by atoms with Crippen LogP contribution < -0.4 is 5.32 Å². The van der Waals surface area contributed by atoms with Crippen LogP contribution in [0.3, 0.4) is 0 Å². The van der Waals surface area contributed by atoms with Gasteiger partial charge in [0.25, 0.3) is 5.91 Å². The summed E-state index contributed by atoms with van der Waals surface area (Å²) in [6.45, 7) is 0. The summed E-state index contributed by atoms with van der Waals surface area (Å²) in [5, 5.41) is 2.58. The van der Waals surface area contributed by atoms with E-state index in [1.54, 1.807) is 30.3 Å². The Kier molecular flexibility index (Phi) is 4.56. The van der Waals surface area contributed by atoms with Gasteiger partial charge in [-0.2, -0.15) is 0 Å². The van der Waals surface area contributed by atoms with Crippen molar-refractivity contribution in [2.45, 2.75) is 0 Å². The Bertz CT molecular complexity index is 672. The molecule has 0 unspecified atom stereocenters. The number of hydrogen-bond acceptors (Lipinski definition) is 3. The number of amides is 1. The number of nitrogens with zero attached hydrogens (tertiary/aromatic N) is 1. The van der Waals surface area contributed by atoms with Crippen LogP contribution in [-0.4, -0.2) is 23.6 Å². The second kappa shape index (κ2) is 6.56. The second-order valence-corrected chi connectivity index (χ2v) is 4.41. The van der Waals surface area contributed by atoms with Crippen LogP contribution in [0.15, 0.2) is 54.4 Å². The van der Waals surface area contributed by atoms with Crippen molar-refractivity contribution in [2.75, 3.05) is 7.11 Å². The number of nitrogens with one attached hydrogen (secondary N) is 1. The molecule has 1 N–H and O–H groups in total. The lowest BCUT2D eigenvalue weighted by molar-refractivity contribution is -0.136. The molecule has 0 spiro atoms. The molecule has 0 fully saturated rings. The normalized spacial score (nSPS) is 11.0. The number of methoxy groups -OCH3 is 1. The lowest BCUT2D eigenvalue weighted by Crippen LogP contribution is -2.28. The number of ether oxygens (including phenoxy) is 1. The first-order chi connectivity index (χ1) is 10.1. The van der Waals surface area contributed by atoms with Crippen molar-refractivity contribution in [3.63, 3.8) is 0 Å². The summed E-state index contributed by atoms with van der Waals surface area (Å²) in [5.74, 6) is -0.957. The largest absolute Gasteiger partial charge is 0.464 e. The number of carbonyl (C=O) groups is 2. The minimum Gasteiger partial charge on any atom is -0.464 e. The van der Waals surface area contributed by atoms with E-state index in [1.165, 1.54) is 7.11 Å². The van der Waals surface area contributed by atoms with Crippen LogP contribution in [0.4, 0.5) is 0 Å². The van der Waals surface area contributed by atoms with Gasteiger partial charge in [-0.1, -0.05) is 18.2 Å². The lowest BCUT2D eigenvalue weighted by atomic mass is 10.2. The number of aromatic nitrogens is 1. The van der Waals surface area contributed by atoms with Crippen molar-refractivity contribution in [3.8, 4) is 0 Å². The Labute approximate surface area is 122 Å². The highest BCUT2D eigenvalue weighted by molar-refractivity contribution is 6.03. The van der Waals surface area contributed by atoms with Crippen LogP contribution in [0.2, 0.25) is 0 Å². The summed E-state index contributed by atoms with van der Waals surface area (Å²) in [6, 6.07) is 12.4. The quantitative estimate of drug-likeness (QED) is 0.689. The Balaban J connectivity index is 2.26. The van der Waals surface area contributed by atoms with Gasteiger partial charge in [-0.05, 0) is 30.3 Å². The van der Waals surface area contributed by atoms with Crippen molar-refractivity contribution in [2.24, 2.45) is 7.05 Å². The maximum Gasteiger partial charge on any atom is 0.354 e. The maximum absolute atomic E-state index is 12.1. The fourth-order valence-electron chi connectivity index (χ4n) is 1.81. The van der Waals surface area contributed by atoms with Gasteiger partial charge in [0.15, 0.2) is 0 Å². The van der Waals surface area contributed by atoms with Crippen LogP contribution >= 0.6 is 0 Å². The fourth-order valence-corrected chi connectivity index (χ4v) is 1.81. The molecule has 0 aliphatic heterocycles. The van der Waals surface area contributed by atoms with Gasteiger partial charge in [0.05, 0.1) is 7.11 Å². The predicted molar refractivity (Wildman–Crippen MR) is 79.3 cm³/mol. The van der Waals surface area contributed by atoms with Crippen LogP contribution in [0.25, 0.3) is 6.08 Å². The van der Waals surface area contributed by atoms with E-state index in [1.807, 2.05) is 36.0 Å². The van der Waals surface area contributed by atoms with E-state index >= 15 is 0 Å². The van der Waals surface area contributed by atoms with E-state index in [4.69, 9.17) is 4.74 Å². The first kappa shape index (κ1) is 14.6. The third-order valence-corrected chi connectivity index (χ3v) is 2.97. The highest BCUT2D eigenvalue weighted by Gasteiger charge is 2.15. The van der Waals surface area contributed by atoms with Gasteiger partial charge >= 0.3 is 5.97 Å². The third kappa shape index (κ3) is 3.60. The molecule has 2 rings (SSSR count). The summed E-state index contributed by atoms with van der Waals surface area (Å²) in [5.41, 5.74) is 1.34. The van der Waals surface area contributed by atoms with Gasteiger partial charge in [-0.3, -0.25) is 4.79 Å². The minimum absolute atomic E-state index is 0.0909. The lowest BCUT2D eigenvalue weighted by Gasteiger charge is -2.08. The number of hydrogen-bond donors (Lipinski definition) is 1.